The molecular formula is C23H26F3N3O3S. The Morgan fingerprint density at radius 2 is 1.82 bits per heavy atom. The number of nitrogen functional groups attached to an aromatic ring is 1. The summed E-state index contributed by atoms with van der Waals surface area (Å²) < 4.78 is 71.7. The standard InChI is InChI=1S/C23H26F3N3O3S/c1-14(2)33(30,31)28-16-8-6-15(7-9-16)22-21(27)19-11-10-18(32-13-23(24,25)26)12-20(19)29(22)17-4-3-5-17/h6-12,14,17,28H,3-5,13,27H2,1-2H3. The van der Waals surface area contributed by atoms with Crippen molar-refractivity contribution in [3.8, 4) is 17.0 Å². The number of sulfonamides is 1. The molecular weight excluding hydrogens is 455 g/mol. The first-order chi connectivity index (χ1) is 15.5. The van der Waals surface area contributed by atoms with Gasteiger partial charge in [-0.25, -0.2) is 8.42 Å². The molecule has 4 rings (SSSR count). The van der Waals surface area contributed by atoms with Crippen LogP contribution < -0.4 is 15.2 Å². The molecule has 1 aliphatic rings. The van der Waals surface area contributed by atoms with E-state index >= 15 is 0 Å². The molecule has 1 heterocycles. The van der Waals surface area contributed by atoms with Crippen molar-refractivity contribution in [1.82, 2.24) is 4.57 Å². The van der Waals surface area contributed by atoms with E-state index in [2.05, 4.69) is 9.29 Å². The van der Waals surface area contributed by atoms with Gasteiger partial charge in [0.05, 0.1) is 22.1 Å². The van der Waals surface area contributed by atoms with Gasteiger partial charge in [-0.3, -0.25) is 4.72 Å². The number of aromatic nitrogens is 1. The van der Waals surface area contributed by atoms with E-state index in [9.17, 15) is 21.6 Å². The number of nitrogens with two attached hydrogens (primary N) is 1. The molecule has 33 heavy (non-hydrogen) atoms. The zero-order valence-corrected chi connectivity index (χ0v) is 19.1. The normalized spacial score (nSPS) is 15.1. The molecule has 0 radical (unpaired) electrons. The van der Waals surface area contributed by atoms with Crippen LogP contribution in [-0.2, 0) is 10.0 Å². The summed E-state index contributed by atoms with van der Waals surface area (Å²) in [4.78, 5) is 0. The highest BCUT2D eigenvalue weighted by Gasteiger charge is 2.30. The number of nitrogens with zero attached hydrogens (tertiary/aromatic N) is 1. The molecule has 0 amide bonds. The number of anilines is 2. The lowest BCUT2D eigenvalue weighted by atomic mass is 9.92. The van der Waals surface area contributed by atoms with E-state index in [-0.39, 0.29) is 11.8 Å². The minimum absolute atomic E-state index is 0.128. The van der Waals surface area contributed by atoms with Crippen LogP contribution in [0.3, 0.4) is 0 Å². The fourth-order valence-corrected chi connectivity index (χ4v) is 4.57. The van der Waals surface area contributed by atoms with Crippen molar-refractivity contribution in [2.75, 3.05) is 17.1 Å². The van der Waals surface area contributed by atoms with Gasteiger partial charge in [-0.15, -0.1) is 0 Å². The van der Waals surface area contributed by atoms with Crippen LogP contribution in [0, 0.1) is 0 Å². The molecule has 0 bridgehead atoms. The summed E-state index contributed by atoms with van der Waals surface area (Å²) in [5.74, 6) is 0.128. The van der Waals surface area contributed by atoms with Crippen LogP contribution in [0.2, 0.25) is 0 Å². The Kier molecular flexibility index (Phi) is 5.98. The summed E-state index contributed by atoms with van der Waals surface area (Å²) in [6.45, 7) is 1.83. The molecule has 1 aliphatic carbocycles. The zero-order valence-electron chi connectivity index (χ0n) is 18.3. The van der Waals surface area contributed by atoms with Crippen LogP contribution in [0.5, 0.6) is 5.75 Å². The molecule has 1 aromatic heterocycles. The molecule has 0 saturated heterocycles. The number of benzene rings is 2. The van der Waals surface area contributed by atoms with Gasteiger partial charge < -0.3 is 15.0 Å². The van der Waals surface area contributed by atoms with Crippen LogP contribution in [0.4, 0.5) is 24.5 Å². The summed E-state index contributed by atoms with van der Waals surface area (Å²) in [7, 11) is -3.47. The average Bonchev–Trinajstić information content (AvgIpc) is 2.97. The monoisotopic (exact) mass is 481 g/mol. The molecule has 0 spiro atoms. The molecule has 0 aliphatic heterocycles. The van der Waals surface area contributed by atoms with Gasteiger partial charge in [0.2, 0.25) is 10.0 Å². The summed E-state index contributed by atoms with van der Waals surface area (Å²) in [5, 5.41) is 0.170. The largest absolute Gasteiger partial charge is 0.484 e. The lowest BCUT2D eigenvalue weighted by molar-refractivity contribution is -0.153. The van der Waals surface area contributed by atoms with E-state index in [0.29, 0.717) is 11.4 Å². The van der Waals surface area contributed by atoms with Gasteiger partial charge in [-0.1, -0.05) is 12.1 Å². The maximum Gasteiger partial charge on any atom is 0.422 e. The first-order valence-corrected chi connectivity index (χ1v) is 12.3. The Hall–Kier alpha value is -2.88. The number of hydrogen-bond acceptors (Lipinski definition) is 4. The first kappa shape index (κ1) is 23.3. The Balaban J connectivity index is 1.75. The van der Waals surface area contributed by atoms with E-state index in [0.717, 1.165) is 41.4 Å². The fourth-order valence-electron chi connectivity index (χ4n) is 3.87. The number of halogens is 3. The predicted octanol–water partition coefficient (Wildman–Crippen LogP) is 5.71. The fraction of sp³-hybridized carbons (Fsp3) is 0.391. The quantitative estimate of drug-likeness (QED) is 0.453. The molecule has 3 N–H and O–H groups in total. The molecule has 0 unspecified atom stereocenters. The number of nitrogens with one attached hydrogen (secondary N) is 1. The van der Waals surface area contributed by atoms with E-state index in [4.69, 9.17) is 10.5 Å². The van der Waals surface area contributed by atoms with Gasteiger partial charge in [0, 0.05) is 28.7 Å². The smallest absolute Gasteiger partial charge is 0.422 e. The second-order valence-corrected chi connectivity index (χ2v) is 10.8. The maximum atomic E-state index is 12.6. The minimum Gasteiger partial charge on any atom is -0.484 e. The predicted molar refractivity (Wildman–Crippen MR) is 124 cm³/mol. The van der Waals surface area contributed by atoms with Crippen LogP contribution in [0.25, 0.3) is 22.2 Å². The third-order valence-corrected chi connectivity index (χ3v) is 7.66. The van der Waals surface area contributed by atoms with E-state index in [1.807, 2.05) is 0 Å². The SMILES string of the molecule is CC(C)S(=O)(=O)Nc1ccc(-c2c(N)c3ccc(OCC(F)(F)F)cc3n2C2CCC2)cc1. The van der Waals surface area contributed by atoms with Crippen molar-refractivity contribution in [2.24, 2.45) is 0 Å². The molecule has 178 valence electrons. The second-order valence-electron chi connectivity index (χ2n) is 8.57. The van der Waals surface area contributed by atoms with E-state index < -0.39 is 28.1 Å². The highest BCUT2D eigenvalue weighted by Crippen LogP contribution is 2.45. The highest BCUT2D eigenvalue weighted by atomic mass is 32.2. The van der Waals surface area contributed by atoms with Crippen molar-refractivity contribution < 1.29 is 26.3 Å². The minimum atomic E-state index is -4.42. The Morgan fingerprint density at radius 1 is 1.15 bits per heavy atom. The third kappa shape index (κ3) is 4.75. The summed E-state index contributed by atoms with van der Waals surface area (Å²) in [6.07, 6.45) is -1.48. The van der Waals surface area contributed by atoms with Gasteiger partial charge in [-0.2, -0.15) is 13.2 Å². The van der Waals surface area contributed by atoms with Crippen LogP contribution in [0.1, 0.15) is 39.2 Å². The van der Waals surface area contributed by atoms with Gasteiger partial charge in [0.1, 0.15) is 5.75 Å². The topological polar surface area (TPSA) is 86.3 Å². The van der Waals surface area contributed by atoms with Crippen molar-refractivity contribution in [3.05, 3.63) is 42.5 Å². The Morgan fingerprint density at radius 3 is 2.36 bits per heavy atom. The number of alkyl halides is 3. The molecule has 3 aromatic rings. The average molecular weight is 482 g/mol. The number of fused-ring (bicyclic) bond motifs is 1. The van der Waals surface area contributed by atoms with Crippen molar-refractivity contribution in [3.63, 3.8) is 0 Å². The maximum absolute atomic E-state index is 12.6. The van der Waals surface area contributed by atoms with Gasteiger partial charge >= 0.3 is 6.18 Å². The summed E-state index contributed by atoms with van der Waals surface area (Å²) in [6, 6.07) is 11.9. The van der Waals surface area contributed by atoms with E-state index in [1.54, 1.807) is 50.2 Å². The molecule has 1 fully saturated rings. The molecule has 1 saturated carbocycles. The van der Waals surface area contributed by atoms with Crippen LogP contribution in [0.15, 0.2) is 42.5 Å². The number of hydrogen-bond donors (Lipinski definition) is 2. The Bertz CT molecular complexity index is 1260. The lowest BCUT2D eigenvalue weighted by Gasteiger charge is -2.30. The van der Waals surface area contributed by atoms with Gasteiger partial charge in [0.25, 0.3) is 0 Å². The molecule has 0 atom stereocenters. The highest BCUT2D eigenvalue weighted by molar-refractivity contribution is 7.93. The van der Waals surface area contributed by atoms with Gasteiger partial charge in [0.15, 0.2) is 6.61 Å². The van der Waals surface area contributed by atoms with Gasteiger partial charge in [-0.05, 0) is 57.4 Å². The second kappa shape index (κ2) is 8.48. The number of ether oxygens (including phenoxy) is 1. The molecule has 2 aromatic carbocycles. The van der Waals surface area contributed by atoms with Crippen LogP contribution in [-0.4, -0.2) is 31.0 Å². The van der Waals surface area contributed by atoms with Crippen molar-refractivity contribution in [1.29, 1.82) is 0 Å². The summed E-state index contributed by atoms with van der Waals surface area (Å²) in [5.41, 5.74) is 9.75. The van der Waals surface area contributed by atoms with Crippen LogP contribution >= 0.6 is 0 Å². The first-order valence-electron chi connectivity index (χ1n) is 10.7. The number of rotatable bonds is 7. The third-order valence-electron chi connectivity index (χ3n) is 5.90. The van der Waals surface area contributed by atoms with Crippen molar-refractivity contribution >= 4 is 32.3 Å². The Labute approximate surface area is 190 Å². The lowest BCUT2D eigenvalue weighted by Crippen LogP contribution is -2.22. The molecule has 10 heteroatoms. The van der Waals surface area contributed by atoms with Crippen molar-refractivity contribution in [2.45, 2.75) is 50.6 Å². The van der Waals surface area contributed by atoms with E-state index in [1.165, 1.54) is 6.07 Å². The molecule has 6 nitrogen and oxygen atoms in total. The summed E-state index contributed by atoms with van der Waals surface area (Å²) >= 11 is 0. The zero-order chi connectivity index (χ0) is 24.0.